The summed E-state index contributed by atoms with van der Waals surface area (Å²) in [6.45, 7) is 5.79. The van der Waals surface area contributed by atoms with Gasteiger partial charge in [0.05, 0.1) is 0 Å². The zero-order chi connectivity index (χ0) is 11.6. The van der Waals surface area contributed by atoms with Gasteiger partial charge in [0.1, 0.15) is 0 Å². The van der Waals surface area contributed by atoms with Gasteiger partial charge in [0.25, 0.3) is 0 Å². The Morgan fingerprint density at radius 2 is 1.81 bits per heavy atom. The molecule has 0 N–H and O–H groups in total. The molecular weight excluding hydrogens is 212 g/mol. The van der Waals surface area contributed by atoms with Crippen LogP contribution in [0.2, 0.25) is 11.6 Å². The van der Waals surface area contributed by atoms with Gasteiger partial charge in [-0.2, -0.15) is 0 Å². The van der Waals surface area contributed by atoms with Crippen LogP contribution in [0.3, 0.4) is 0 Å². The standard InChI is InChI=1S/C14H30OSi/c1-3-4-5-6-7-8-11-14(2)16-13-10-9-12-15-16/h14,16H,3-13H2,1-2H3. The Bertz CT molecular complexity index is 155. The first-order chi connectivity index (χ1) is 7.84. The largest absolute Gasteiger partial charge is 0.420 e. The van der Waals surface area contributed by atoms with Crippen molar-refractivity contribution in [3.8, 4) is 0 Å². The van der Waals surface area contributed by atoms with Crippen LogP contribution in [-0.2, 0) is 4.43 Å². The molecule has 1 rings (SSSR count). The fraction of sp³-hybridized carbons (Fsp3) is 1.00. The van der Waals surface area contributed by atoms with Gasteiger partial charge in [-0.25, -0.2) is 0 Å². The van der Waals surface area contributed by atoms with Crippen LogP contribution in [0, 0.1) is 0 Å². The van der Waals surface area contributed by atoms with Crippen molar-refractivity contribution in [2.75, 3.05) is 6.61 Å². The summed E-state index contributed by atoms with van der Waals surface area (Å²) in [6, 6.07) is 1.44. The molecule has 0 radical (unpaired) electrons. The smallest absolute Gasteiger partial charge is 0.179 e. The molecule has 1 heterocycles. The highest BCUT2D eigenvalue weighted by atomic mass is 28.3. The predicted octanol–water partition coefficient (Wildman–Crippen LogP) is 4.66. The van der Waals surface area contributed by atoms with Gasteiger partial charge in [-0.15, -0.1) is 0 Å². The molecule has 0 aliphatic carbocycles. The van der Waals surface area contributed by atoms with Gasteiger partial charge < -0.3 is 4.43 Å². The van der Waals surface area contributed by atoms with Gasteiger partial charge in [-0.05, 0) is 18.0 Å². The molecule has 0 saturated carbocycles. The molecule has 1 fully saturated rings. The van der Waals surface area contributed by atoms with Crippen molar-refractivity contribution in [2.24, 2.45) is 0 Å². The van der Waals surface area contributed by atoms with Crippen molar-refractivity contribution in [1.82, 2.24) is 0 Å². The predicted molar refractivity (Wildman–Crippen MR) is 74.6 cm³/mol. The molecule has 96 valence electrons. The van der Waals surface area contributed by atoms with Gasteiger partial charge >= 0.3 is 0 Å². The van der Waals surface area contributed by atoms with Gasteiger partial charge in [0.2, 0.25) is 0 Å². The van der Waals surface area contributed by atoms with E-state index in [-0.39, 0.29) is 0 Å². The topological polar surface area (TPSA) is 9.23 Å². The van der Waals surface area contributed by atoms with Crippen LogP contribution in [0.4, 0.5) is 0 Å². The van der Waals surface area contributed by atoms with Crippen LogP contribution in [0.1, 0.15) is 71.6 Å². The minimum absolute atomic E-state index is 0.785. The normalized spacial score (nSPS) is 23.2. The molecule has 2 atom stereocenters. The van der Waals surface area contributed by atoms with Crippen LogP contribution in [0.15, 0.2) is 0 Å². The SMILES string of the molecule is CCCCCCCCC(C)[SiH]1CCCCO1. The Labute approximate surface area is 104 Å². The van der Waals surface area contributed by atoms with Gasteiger partial charge in [0.15, 0.2) is 9.04 Å². The number of hydrogen-bond acceptors (Lipinski definition) is 1. The van der Waals surface area contributed by atoms with Crippen molar-refractivity contribution in [3.05, 3.63) is 0 Å². The molecule has 1 aliphatic heterocycles. The van der Waals surface area contributed by atoms with Crippen molar-refractivity contribution in [1.29, 1.82) is 0 Å². The second-order valence-corrected chi connectivity index (χ2v) is 8.56. The monoisotopic (exact) mass is 242 g/mol. The Morgan fingerprint density at radius 1 is 1.06 bits per heavy atom. The van der Waals surface area contributed by atoms with Crippen molar-refractivity contribution in [2.45, 2.75) is 83.2 Å². The lowest BCUT2D eigenvalue weighted by molar-refractivity contribution is 0.278. The fourth-order valence-electron chi connectivity index (χ4n) is 2.65. The summed E-state index contributed by atoms with van der Waals surface area (Å²) in [5, 5.41) is 0. The number of rotatable bonds is 8. The Morgan fingerprint density at radius 3 is 2.50 bits per heavy atom. The third kappa shape index (κ3) is 6.05. The van der Waals surface area contributed by atoms with Crippen LogP contribution >= 0.6 is 0 Å². The summed E-state index contributed by atoms with van der Waals surface area (Å²) in [5.41, 5.74) is 0.923. The Hall–Kier alpha value is 0.177. The maximum absolute atomic E-state index is 5.97. The minimum Gasteiger partial charge on any atom is -0.420 e. The fourth-order valence-corrected chi connectivity index (χ4v) is 5.48. The van der Waals surface area contributed by atoms with E-state index in [1.54, 1.807) is 0 Å². The zero-order valence-electron chi connectivity index (χ0n) is 11.3. The van der Waals surface area contributed by atoms with E-state index in [1.165, 1.54) is 63.8 Å². The molecule has 16 heavy (non-hydrogen) atoms. The molecule has 0 aromatic heterocycles. The summed E-state index contributed by atoms with van der Waals surface area (Å²) >= 11 is 0. The first-order valence-electron chi connectivity index (χ1n) is 7.46. The Kier molecular flexibility index (Phi) is 8.22. The lowest BCUT2D eigenvalue weighted by Crippen LogP contribution is -2.27. The summed E-state index contributed by atoms with van der Waals surface area (Å²) in [4.78, 5) is 0. The van der Waals surface area contributed by atoms with Gasteiger partial charge in [0, 0.05) is 6.61 Å². The summed E-state index contributed by atoms with van der Waals surface area (Å²) in [5.74, 6) is 0. The molecule has 1 nitrogen and oxygen atoms in total. The second-order valence-electron chi connectivity index (χ2n) is 5.44. The van der Waals surface area contributed by atoms with Crippen LogP contribution < -0.4 is 0 Å². The quantitative estimate of drug-likeness (QED) is 0.444. The molecule has 2 heteroatoms. The molecule has 1 aliphatic rings. The van der Waals surface area contributed by atoms with Crippen molar-refractivity contribution >= 4 is 9.04 Å². The highest BCUT2D eigenvalue weighted by Gasteiger charge is 2.22. The van der Waals surface area contributed by atoms with E-state index >= 15 is 0 Å². The van der Waals surface area contributed by atoms with E-state index < -0.39 is 9.04 Å². The van der Waals surface area contributed by atoms with E-state index in [0.29, 0.717) is 0 Å². The van der Waals surface area contributed by atoms with E-state index in [9.17, 15) is 0 Å². The second kappa shape index (κ2) is 9.23. The van der Waals surface area contributed by atoms with E-state index in [4.69, 9.17) is 4.43 Å². The summed E-state index contributed by atoms with van der Waals surface area (Å²) < 4.78 is 5.97. The lowest BCUT2D eigenvalue weighted by Gasteiger charge is -2.26. The maximum atomic E-state index is 5.97. The van der Waals surface area contributed by atoms with E-state index in [0.717, 1.165) is 12.1 Å². The van der Waals surface area contributed by atoms with Crippen molar-refractivity contribution < 1.29 is 4.43 Å². The first kappa shape index (κ1) is 14.2. The molecule has 0 aromatic rings. The van der Waals surface area contributed by atoms with Crippen molar-refractivity contribution in [3.63, 3.8) is 0 Å². The Balaban J connectivity index is 1.94. The molecule has 0 aromatic carbocycles. The molecular formula is C14H30OSi. The highest BCUT2D eigenvalue weighted by molar-refractivity contribution is 6.53. The van der Waals surface area contributed by atoms with Gasteiger partial charge in [-0.3, -0.25) is 0 Å². The van der Waals surface area contributed by atoms with E-state index in [2.05, 4.69) is 13.8 Å². The molecule has 0 bridgehead atoms. The average Bonchev–Trinajstić information content (AvgIpc) is 2.34. The minimum atomic E-state index is -0.785. The summed E-state index contributed by atoms with van der Waals surface area (Å²) in [6.07, 6.45) is 12.8. The maximum Gasteiger partial charge on any atom is 0.179 e. The number of unbranched alkanes of at least 4 members (excludes halogenated alkanes) is 5. The zero-order valence-corrected chi connectivity index (χ0v) is 12.5. The van der Waals surface area contributed by atoms with Crippen LogP contribution in [-0.4, -0.2) is 15.6 Å². The highest BCUT2D eigenvalue weighted by Crippen LogP contribution is 2.26. The van der Waals surface area contributed by atoms with Crippen LogP contribution in [0.5, 0.6) is 0 Å². The number of hydrogen-bond donors (Lipinski definition) is 0. The third-order valence-electron chi connectivity index (χ3n) is 3.86. The molecule has 0 spiro atoms. The molecule has 1 saturated heterocycles. The van der Waals surface area contributed by atoms with E-state index in [1.807, 2.05) is 0 Å². The molecule has 0 amide bonds. The third-order valence-corrected chi connectivity index (χ3v) is 7.11. The summed E-state index contributed by atoms with van der Waals surface area (Å²) in [7, 11) is -0.785. The molecule has 2 unspecified atom stereocenters. The lowest BCUT2D eigenvalue weighted by atomic mass is 10.1. The van der Waals surface area contributed by atoms with Gasteiger partial charge in [-0.1, -0.05) is 65.2 Å². The van der Waals surface area contributed by atoms with Crippen LogP contribution in [0.25, 0.3) is 0 Å². The first-order valence-corrected chi connectivity index (χ1v) is 9.41. The average molecular weight is 242 g/mol.